The summed E-state index contributed by atoms with van der Waals surface area (Å²) in [6.07, 6.45) is -1.36. The molecule has 0 aliphatic rings. The lowest BCUT2D eigenvalue weighted by atomic mass is 10.1. The van der Waals surface area contributed by atoms with E-state index in [0.717, 1.165) is 12.1 Å². The molecule has 8 heteroatoms. The number of carbonyl (C=O) groups excluding carboxylic acids is 1. The van der Waals surface area contributed by atoms with Crippen molar-refractivity contribution in [3.63, 3.8) is 0 Å². The third-order valence-corrected chi connectivity index (χ3v) is 3.11. The predicted molar refractivity (Wildman–Crippen MR) is 78.6 cm³/mol. The van der Waals surface area contributed by atoms with Crippen molar-refractivity contribution in [1.29, 1.82) is 0 Å². The molecule has 1 aromatic carbocycles. The largest absolute Gasteiger partial charge is 0.480 e. The van der Waals surface area contributed by atoms with Crippen LogP contribution in [-0.4, -0.2) is 28.8 Å². The molecule has 0 spiro atoms. The molecule has 0 saturated heterocycles. The summed E-state index contributed by atoms with van der Waals surface area (Å²) < 4.78 is 32.0. The molecule has 5 nitrogen and oxygen atoms in total. The average molecular weight is 380 g/mol. The Kier molecular flexibility index (Phi) is 5.87. The first-order valence-corrected chi connectivity index (χ1v) is 7.14. The molecule has 0 aromatic heterocycles. The summed E-state index contributed by atoms with van der Waals surface area (Å²) >= 11 is 2.83. The number of hydrogen-bond donors (Lipinski definition) is 2. The summed E-state index contributed by atoms with van der Waals surface area (Å²) in [5, 5.41) is 11.2. The van der Waals surface area contributed by atoms with Crippen molar-refractivity contribution in [3.8, 4) is 0 Å². The molecule has 0 aliphatic carbocycles. The van der Waals surface area contributed by atoms with Gasteiger partial charge in [0.2, 0.25) is 0 Å². The number of nitrogens with one attached hydrogen (secondary N) is 1. The summed E-state index contributed by atoms with van der Waals surface area (Å²) in [4.78, 5) is 22.8. The molecule has 0 heterocycles. The minimum atomic E-state index is -1.44. The summed E-state index contributed by atoms with van der Waals surface area (Å²) in [5.74, 6) is -2.88. The van der Waals surface area contributed by atoms with Gasteiger partial charge in [-0.2, -0.15) is 0 Å². The van der Waals surface area contributed by atoms with Crippen LogP contribution >= 0.6 is 15.9 Å². The first-order chi connectivity index (χ1) is 9.99. The van der Waals surface area contributed by atoms with E-state index < -0.39 is 41.8 Å². The van der Waals surface area contributed by atoms with Crippen LogP contribution in [0.4, 0.5) is 13.6 Å². The molecule has 0 bridgehead atoms. The number of ether oxygens (including phenoxy) is 1. The van der Waals surface area contributed by atoms with E-state index in [-0.39, 0.29) is 10.0 Å². The van der Waals surface area contributed by atoms with Crippen LogP contribution in [0.5, 0.6) is 0 Å². The number of halogens is 3. The summed E-state index contributed by atoms with van der Waals surface area (Å²) in [6.45, 7) is 4.85. The minimum absolute atomic E-state index is 0.0688. The summed E-state index contributed by atoms with van der Waals surface area (Å²) in [5.41, 5.74) is -0.966. The van der Waals surface area contributed by atoms with E-state index in [1.165, 1.54) is 0 Å². The van der Waals surface area contributed by atoms with Gasteiger partial charge in [-0.1, -0.05) is 0 Å². The van der Waals surface area contributed by atoms with Crippen LogP contribution in [0.2, 0.25) is 0 Å². The van der Waals surface area contributed by atoms with Crippen molar-refractivity contribution in [2.75, 3.05) is 0 Å². The standard InChI is InChI=1S/C14H16BrF2NO4/c1-14(2,3)22-13(21)18-11(12(19)20)5-7-4-10(17)8(15)6-9(7)16/h4,6,11H,5H2,1-3H3,(H,18,21)(H,19,20)/t11-/m1/s1. The zero-order valence-corrected chi connectivity index (χ0v) is 13.8. The molecule has 0 aliphatic heterocycles. The van der Waals surface area contributed by atoms with Gasteiger partial charge in [0.1, 0.15) is 23.3 Å². The van der Waals surface area contributed by atoms with Gasteiger partial charge in [-0.15, -0.1) is 0 Å². The molecular weight excluding hydrogens is 364 g/mol. The lowest BCUT2D eigenvalue weighted by molar-refractivity contribution is -0.139. The molecule has 0 unspecified atom stereocenters. The summed E-state index contributed by atoms with van der Waals surface area (Å²) in [6, 6.07) is 0.341. The lowest BCUT2D eigenvalue weighted by Crippen LogP contribution is -2.44. The van der Waals surface area contributed by atoms with Gasteiger partial charge in [0.25, 0.3) is 0 Å². The fraction of sp³-hybridized carbons (Fsp3) is 0.429. The van der Waals surface area contributed by atoms with Gasteiger partial charge in [0.15, 0.2) is 0 Å². The lowest BCUT2D eigenvalue weighted by Gasteiger charge is -2.22. The topological polar surface area (TPSA) is 75.6 Å². The molecule has 122 valence electrons. The molecule has 1 aromatic rings. The summed E-state index contributed by atoms with van der Waals surface area (Å²) in [7, 11) is 0. The Labute approximate surface area is 134 Å². The molecule has 22 heavy (non-hydrogen) atoms. The Bertz CT molecular complexity index is 587. The highest BCUT2D eigenvalue weighted by Crippen LogP contribution is 2.21. The molecular formula is C14H16BrF2NO4. The van der Waals surface area contributed by atoms with Gasteiger partial charge in [-0.05, 0) is 54.4 Å². The minimum Gasteiger partial charge on any atom is -0.480 e. The van der Waals surface area contributed by atoms with Crippen LogP contribution in [0.25, 0.3) is 0 Å². The van der Waals surface area contributed by atoms with Crippen molar-refractivity contribution in [2.45, 2.75) is 38.8 Å². The van der Waals surface area contributed by atoms with Crippen molar-refractivity contribution in [2.24, 2.45) is 0 Å². The number of benzene rings is 1. The third kappa shape index (κ3) is 5.59. The van der Waals surface area contributed by atoms with E-state index in [1.807, 2.05) is 0 Å². The monoisotopic (exact) mass is 379 g/mol. The number of amides is 1. The van der Waals surface area contributed by atoms with Crippen molar-refractivity contribution >= 4 is 28.0 Å². The van der Waals surface area contributed by atoms with Gasteiger partial charge in [-0.25, -0.2) is 18.4 Å². The van der Waals surface area contributed by atoms with Crippen LogP contribution < -0.4 is 5.32 Å². The van der Waals surface area contributed by atoms with Crippen molar-refractivity contribution in [1.82, 2.24) is 5.32 Å². The Balaban J connectivity index is 2.88. The molecule has 1 amide bonds. The van der Waals surface area contributed by atoms with Crippen LogP contribution in [0.3, 0.4) is 0 Å². The van der Waals surface area contributed by atoms with Crippen LogP contribution in [0, 0.1) is 11.6 Å². The average Bonchev–Trinajstić information content (AvgIpc) is 2.32. The highest BCUT2D eigenvalue weighted by Gasteiger charge is 2.25. The van der Waals surface area contributed by atoms with Crippen molar-refractivity contribution in [3.05, 3.63) is 33.8 Å². The van der Waals surface area contributed by atoms with E-state index in [1.54, 1.807) is 20.8 Å². The van der Waals surface area contributed by atoms with Crippen LogP contribution in [0.15, 0.2) is 16.6 Å². The van der Waals surface area contributed by atoms with E-state index in [0.29, 0.717) is 0 Å². The number of carbonyl (C=O) groups is 2. The molecule has 0 saturated carbocycles. The second-order valence-electron chi connectivity index (χ2n) is 5.60. The SMILES string of the molecule is CC(C)(C)OC(=O)N[C@H](Cc1cc(F)c(Br)cc1F)C(=O)O. The third-order valence-electron chi connectivity index (χ3n) is 2.50. The Morgan fingerprint density at radius 2 is 1.91 bits per heavy atom. The number of alkyl carbamates (subject to hydrolysis) is 1. The second-order valence-corrected chi connectivity index (χ2v) is 6.45. The highest BCUT2D eigenvalue weighted by molar-refractivity contribution is 9.10. The molecule has 2 N–H and O–H groups in total. The van der Waals surface area contributed by atoms with Crippen molar-refractivity contribution < 1.29 is 28.2 Å². The number of aliphatic carboxylic acids is 1. The maximum absolute atomic E-state index is 13.7. The van der Waals surface area contributed by atoms with Gasteiger partial charge in [0.05, 0.1) is 4.47 Å². The van der Waals surface area contributed by atoms with E-state index in [2.05, 4.69) is 21.2 Å². The zero-order valence-electron chi connectivity index (χ0n) is 12.2. The van der Waals surface area contributed by atoms with E-state index >= 15 is 0 Å². The van der Waals surface area contributed by atoms with Gasteiger partial charge in [0, 0.05) is 6.42 Å². The molecule has 1 atom stereocenters. The first kappa shape index (κ1) is 18.3. The van der Waals surface area contributed by atoms with Gasteiger partial charge in [-0.3, -0.25) is 0 Å². The van der Waals surface area contributed by atoms with Gasteiger partial charge >= 0.3 is 12.1 Å². The zero-order chi connectivity index (χ0) is 17.1. The molecule has 1 rings (SSSR count). The first-order valence-electron chi connectivity index (χ1n) is 6.35. The predicted octanol–water partition coefficient (Wildman–Crippen LogP) is 3.25. The fourth-order valence-electron chi connectivity index (χ4n) is 1.59. The Hall–Kier alpha value is -1.70. The second kappa shape index (κ2) is 7.04. The Morgan fingerprint density at radius 3 is 2.41 bits per heavy atom. The molecule has 0 fully saturated rings. The maximum atomic E-state index is 13.7. The van der Waals surface area contributed by atoms with Gasteiger partial charge < -0.3 is 15.2 Å². The van der Waals surface area contributed by atoms with Crippen LogP contribution in [0.1, 0.15) is 26.3 Å². The van der Waals surface area contributed by atoms with E-state index in [4.69, 9.17) is 9.84 Å². The normalized spacial score (nSPS) is 12.6. The maximum Gasteiger partial charge on any atom is 0.408 e. The number of hydrogen-bond acceptors (Lipinski definition) is 3. The smallest absolute Gasteiger partial charge is 0.408 e. The molecule has 0 radical (unpaired) electrons. The quantitative estimate of drug-likeness (QED) is 0.787. The fourth-order valence-corrected chi connectivity index (χ4v) is 1.91. The Morgan fingerprint density at radius 1 is 1.32 bits per heavy atom. The number of carboxylic acid groups (broad SMARTS) is 1. The number of rotatable bonds is 4. The highest BCUT2D eigenvalue weighted by atomic mass is 79.9. The van der Waals surface area contributed by atoms with Crippen LogP contribution in [-0.2, 0) is 16.0 Å². The van der Waals surface area contributed by atoms with E-state index in [9.17, 15) is 18.4 Å². The number of carboxylic acids is 1.